The van der Waals surface area contributed by atoms with E-state index in [2.05, 4.69) is 0 Å². The van der Waals surface area contributed by atoms with Gasteiger partial charge >= 0.3 is 0 Å². The van der Waals surface area contributed by atoms with E-state index in [9.17, 15) is 4.79 Å². The highest BCUT2D eigenvalue weighted by Gasteiger charge is 2.05. The van der Waals surface area contributed by atoms with Crippen LogP contribution in [-0.4, -0.2) is 48.7 Å². The maximum atomic E-state index is 10.4. The first kappa shape index (κ1) is 10.3. The molecule has 0 bridgehead atoms. The Labute approximate surface area is 66.0 Å². The van der Waals surface area contributed by atoms with E-state index in [4.69, 9.17) is 16.6 Å². The normalized spacial score (nSPS) is 10.5. The Kier molecular flexibility index (Phi) is 5.73. The van der Waals surface area contributed by atoms with Crippen molar-refractivity contribution in [1.29, 1.82) is 0 Å². The highest BCUT2D eigenvalue weighted by Crippen LogP contribution is 1.83. The van der Waals surface area contributed by atoms with Crippen LogP contribution < -0.4 is 11.5 Å². The van der Waals surface area contributed by atoms with Crippen LogP contribution in [0.3, 0.4) is 0 Å². The van der Waals surface area contributed by atoms with Crippen molar-refractivity contribution in [2.75, 3.05) is 32.8 Å². The van der Waals surface area contributed by atoms with Crippen LogP contribution in [0.15, 0.2) is 0 Å². The number of amides is 1. The first-order valence-corrected chi connectivity index (χ1v) is 3.52. The molecular formula is C6H15N3O2. The second-order valence-electron chi connectivity index (χ2n) is 2.25. The van der Waals surface area contributed by atoms with E-state index in [0.717, 1.165) is 0 Å². The van der Waals surface area contributed by atoms with E-state index >= 15 is 0 Å². The van der Waals surface area contributed by atoms with Crippen molar-refractivity contribution in [3.8, 4) is 0 Å². The SMILES string of the molecule is NCCN(CCO)CC(N)=O. The van der Waals surface area contributed by atoms with Gasteiger partial charge in [-0.3, -0.25) is 9.69 Å². The number of rotatable bonds is 6. The lowest BCUT2D eigenvalue weighted by Gasteiger charge is -2.17. The highest BCUT2D eigenvalue weighted by atomic mass is 16.3. The fourth-order valence-corrected chi connectivity index (χ4v) is 0.814. The van der Waals surface area contributed by atoms with Gasteiger partial charge in [-0.1, -0.05) is 0 Å². The minimum absolute atomic E-state index is 0.0211. The molecule has 0 unspecified atom stereocenters. The van der Waals surface area contributed by atoms with Crippen molar-refractivity contribution in [3.63, 3.8) is 0 Å². The molecule has 0 radical (unpaired) electrons. The Bertz CT molecular complexity index is 112. The average molecular weight is 161 g/mol. The zero-order valence-electron chi connectivity index (χ0n) is 6.49. The molecule has 0 rings (SSSR count). The summed E-state index contributed by atoms with van der Waals surface area (Å²) in [6.07, 6.45) is 0. The van der Waals surface area contributed by atoms with Crippen LogP contribution in [0, 0.1) is 0 Å². The summed E-state index contributed by atoms with van der Waals surface area (Å²) in [6, 6.07) is 0. The molecule has 0 atom stereocenters. The average Bonchev–Trinajstić information content (AvgIpc) is 1.87. The van der Waals surface area contributed by atoms with Gasteiger partial charge in [0.25, 0.3) is 0 Å². The largest absolute Gasteiger partial charge is 0.395 e. The van der Waals surface area contributed by atoms with Crippen LogP contribution in [-0.2, 0) is 4.79 Å². The monoisotopic (exact) mass is 161 g/mol. The van der Waals surface area contributed by atoms with Crippen molar-refractivity contribution < 1.29 is 9.90 Å². The molecule has 5 heteroatoms. The molecule has 1 amide bonds. The maximum Gasteiger partial charge on any atom is 0.231 e. The molecule has 0 heterocycles. The molecule has 0 spiro atoms. The lowest BCUT2D eigenvalue weighted by molar-refractivity contribution is -0.119. The van der Waals surface area contributed by atoms with E-state index in [0.29, 0.717) is 19.6 Å². The van der Waals surface area contributed by atoms with Crippen LogP contribution in [0.1, 0.15) is 0 Å². The van der Waals surface area contributed by atoms with Crippen LogP contribution in [0.5, 0.6) is 0 Å². The molecule has 0 aliphatic rings. The fourth-order valence-electron chi connectivity index (χ4n) is 0.814. The second kappa shape index (κ2) is 6.09. The molecule has 66 valence electrons. The molecule has 0 saturated heterocycles. The maximum absolute atomic E-state index is 10.4. The standard InChI is InChI=1S/C6H15N3O2/c7-1-2-9(3-4-10)5-6(8)11/h10H,1-5,7H2,(H2,8,11). The Morgan fingerprint density at radius 1 is 1.45 bits per heavy atom. The van der Waals surface area contributed by atoms with E-state index < -0.39 is 5.91 Å². The van der Waals surface area contributed by atoms with E-state index in [1.807, 2.05) is 0 Å². The van der Waals surface area contributed by atoms with Crippen molar-refractivity contribution in [2.24, 2.45) is 11.5 Å². The number of aliphatic hydroxyl groups excluding tert-OH is 1. The summed E-state index contributed by atoms with van der Waals surface area (Å²) in [5.74, 6) is -0.396. The molecule has 0 aliphatic carbocycles. The predicted molar refractivity (Wildman–Crippen MR) is 41.8 cm³/mol. The number of primary amides is 1. The van der Waals surface area contributed by atoms with E-state index in [-0.39, 0.29) is 13.2 Å². The zero-order chi connectivity index (χ0) is 8.69. The molecule has 11 heavy (non-hydrogen) atoms. The topological polar surface area (TPSA) is 92.6 Å². The summed E-state index contributed by atoms with van der Waals surface area (Å²) in [7, 11) is 0. The number of carbonyl (C=O) groups excluding carboxylic acids is 1. The fraction of sp³-hybridized carbons (Fsp3) is 0.833. The minimum atomic E-state index is -0.396. The summed E-state index contributed by atoms with van der Waals surface area (Å²) in [4.78, 5) is 12.1. The van der Waals surface area contributed by atoms with Gasteiger partial charge in [0.05, 0.1) is 13.2 Å². The van der Waals surface area contributed by atoms with Gasteiger partial charge in [0, 0.05) is 19.6 Å². The van der Waals surface area contributed by atoms with Gasteiger partial charge in [-0.15, -0.1) is 0 Å². The number of hydrogen-bond acceptors (Lipinski definition) is 4. The lowest BCUT2D eigenvalue weighted by Crippen LogP contribution is -2.38. The quantitative estimate of drug-likeness (QED) is 0.409. The molecule has 0 aliphatic heterocycles. The summed E-state index contributed by atoms with van der Waals surface area (Å²) < 4.78 is 0. The molecule has 0 aromatic carbocycles. The number of nitrogens with two attached hydrogens (primary N) is 2. The summed E-state index contributed by atoms with van der Waals surface area (Å²) in [6.45, 7) is 1.68. The third-order valence-electron chi connectivity index (χ3n) is 1.24. The third kappa shape index (κ3) is 5.78. The van der Waals surface area contributed by atoms with E-state index in [1.54, 1.807) is 4.90 Å². The highest BCUT2D eigenvalue weighted by molar-refractivity contribution is 5.75. The Morgan fingerprint density at radius 3 is 2.45 bits per heavy atom. The smallest absolute Gasteiger partial charge is 0.231 e. The Hall–Kier alpha value is -0.650. The number of hydrogen-bond donors (Lipinski definition) is 3. The molecule has 0 aromatic rings. The first-order valence-electron chi connectivity index (χ1n) is 3.52. The van der Waals surface area contributed by atoms with Gasteiger partial charge in [0.2, 0.25) is 5.91 Å². The van der Waals surface area contributed by atoms with Crippen LogP contribution in [0.4, 0.5) is 0 Å². The Morgan fingerprint density at radius 2 is 2.09 bits per heavy atom. The van der Waals surface area contributed by atoms with Crippen molar-refractivity contribution in [2.45, 2.75) is 0 Å². The second-order valence-corrected chi connectivity index (χ2v) is 2.25. The van der Waals surface area contributed by atoms with Crippen LogP contribution in [0.2, 0.25) is 0 Å². The van der Waals surface area contributed by atoms with Crippen molar-refractivity contribution in [1.82, 2.24) is 4.90 Å². The molecular weight excluding hydrogens is 146 g/mol. The van der Waals surface area contributed by atoms with Crippen LogP contribution >= 0.6 is 0 Å². The van der Waals surface area contributed by atoms with Gasteiger partial charge in [-0.05, 0) is 0 Å². The first-order chi connectivity index (χ1) is 5.20. The molecule has 5 nitrogen and oxygen atoms in total. The predicted octanol–water partition coefficient (Wildman–Crippen LogP) is -2.28. The van der Waals surface area contributed by atoms with Gasteiger partial charge in [0.15, 0.2) is 0 Å². The molecule has 0 fully saturated rings. The van der Waals surface area contributed by atoms with Gasteiger partial charge in [-0.2, -0.15) is 0 Å². The molecule has 0 aromatic heterocycles. The Balaban J connectivity index is 3.59. The number of carbonyl (C=O) groups is 1. The summed E-state index contributed by atoms with van der Waals surface area (Å²) >= 11 is 0. The number of nitrogens with zero attached hydrogens (tertiary/aromatic N) is 1. The van der Waals surface area contributed by atoms with Gasteiger partial charge in [-0.25, -0.2) is 0 Å². The number of aliphatic hydroxyl groups is 1. The zero-order valence-corrected chi connectivity index (χ0v) is 6.49. The van der Waals surface area contributed by atoms with Gasteiger partial charge < -0.3 is 16.6 Å². The molecule has 5 N–H and O–H groups in total. The lowest BCUT2D eigenvalue weighted by atomic mass is 10.4. The minimum Gasteiger partial charge on any atom is -0.395 e. The van der Waals surface area contributed by atoms with E-state index in [1.165, 1.54) is 0 Å². The van der Waals surface area contributed by atoms with Crippen molar-refractivity contribution in [3.05, 3.63) is 0 Å². The molecule has 0 saturated carbocycles. The van der Waals surface area contributed by atoms with Gasteiger partial charge in [0.1, 0.15) is 0 Å². The summed E-state index contributed by atoms with van der Waals surface area (Å²) in [5, 5.41) is 8.54. The van der Waals surface area contributed by atoms with Crippen LogP contribution in [0.25, 0.3) is 0 Å². The van der Waals surface area contributed by atoms with Crippen molar-refractivity contribution >= 4 is 5.91 Å². The summed E-state index contributed by atoms with van der Waals surface area (Å²) in [5.41, 5.74) is 10.2. The third-order valence-corrected chi connectivity index (χ3v) is 1.24.